The molecule has 0 spiro atoms. The second kappa shape index (κ2) is 8.43. The molecule has 2 nitrogen and oxygen atoms in total. The molecule has 2 atom stereocenters. The maximum absolute atomic E-state index is 13.2. The van der Waals surface area contributed by atoms with Crippen molar-refractivity contribution in [3.63, 3.8) is 0 Å². The predicted molar refractivity (Wildman–Crippen MR) is 97.4 cm³/mol. The number of halogens is 2. The van der Waals surface area contributed by atoms with Crippen LogP contribution in [0.1, 0.15) is 67.3 Å². The molecule has 2 aromatic rings. The van der Waals surface area contributed by atoms with Crippen molar-refractivity contribution >= 4 is 5.97 Å². The zero-order chi connectivity index (χ0) is 18.5. The zero-order valence-electron chi connectivity index (χ0n) is 15.0. The van der Waals surface area contributed by atoms with Gasteiger partial charge in [-0.1, -0.05) is 38.3 Å². The molecule has 3 rings (SSSR count). The van der Waals surface area contributed by atoms with Gasteiger partial charge in [0.25, 0.3) is 0 Å². The largest absolute Gasteiger partial charge is 0.423 e. The Morgan fingerprint density at radius 3 is 2.54 bits per heavy atom. The number of unbranched alkanes of at least 4 members (excludes halogenated alkanes) is 1. The second-order valence-electron chi connectivity index (χ2n) is 7.11. The first-order chi connectivity index (χ1) is 12.6. The molecule has 0 saturated heterocycles. The average molecular weight is 358 g/mol. The van der Waals surface area contributed by atoms with Crippen molar-refractivity contribution in [2.75, 3.05) is 0 Å². The third kappa shape index (κ3) is 4.48. The maximum Gasteiger partial charge on any atom is 0.343 e. The summed E-state index contributed by atoms with van der Waals surface area (Å²) in [6, 6.07) is 10.5. The first-order valence-electron chi connectivity index (χ1n) is 9.34. The molecule has 1 aliphatic carbocycles. The van der Waals surface area contributed by atoms with E-state index in [0.29, 0.717) is 11.5 Å². The van der Waals surface area contributed by atoms with Crippen LogP contribution in [0.25, 0.3) is 0 Å². The summed E-state index contributed by atoms with van der Waals surface area (Å²) in [5.41, 5.74) is 1.66. The van der Waals surface area contributed by atoms with E-state index in [-0.39, 0.29) is 5.75 Å². The summed E-state index contributed by atoms with van der Waals surface area (Å²) in [7, 11) is 0. The minimum Gasteiger partial charge on any atom is -0.423 e. The summed E-state index contributed by atoms with van der Waals surface area (Å²) in [6.45, 7) is 2.23. The minimum atomic E-state index is -1.04. The molecular weight excluding hydrogens is 334 g/mol. The van der Waals surface area contributed by atoms with Gasteiger partial charge in [0.15, 0.2) is 11.6 Å². The Morgan fingerprint density at radius 1 is 1.08 bits per heavy atom. The van der Waals surface area contributed by atoms with E-state index in [4.69, 9.17) is 4.74 Å². The van der Waals surface area contributed by atoms with Gasteiger partial charge in [0.1, 0.15) is 5.75 Å². The van der Waals surface area contributed by atoms with E-state index in [1.54, 1.807) is 12.1 Å². The van der Waals surface area contributed by atoms with Gasteiger partial charge in [-0.05, 0) is 60.9 Å². The Morgan fingerprint density at radius 2 is 1.85 bits per heavy atom. The molecular formula is C22H24F2O2. The first-order valence-corrected chi connectivity index (χ1v) is 9.34. The minimum absolute atomic E-state index is 0.00691. The summed E-state index contributed by atoms with van der Waals surface area (Å²) >= 11 is 0. The highest BCUT2D eigenvalue weighted by atomic mass is 19.2. The van der Waals surface area contributed by atoms with Gasteiger partial charge >= 0.3 is 5.97 Å². The summed E-state index contributed by atoms with van der Waals surface area (Å²) in [6.07, 6.45) is 7.56. The number of hydrogen-bond donors (Lipinski definition) is 0. The molecule has 2 aromatic carbocycles. The predicted octanol–water partition coefficient (Wildman–Crippen LogP) is 6.26. The summed E-state index contributed by atoms with van der Waals surface area (Å²) in [5.74, 6) is -1.21. The Bertz CT molecular complexity index is 755. The highest BCUT2D eigenvalue weighted by Crippen LogP contribution is 2.40. The lowest BCUT2D eigenvalue weighted by atomic mass is 9.94. The highest BCUT2D eigenvalue weighted by Gasteiger charge is 2.25. The third-order valence-electron chi connectivity index (χ3n) is 5.23. The van der Waals surface area contributed by atoms with E-state index >= 15 is 0 Å². The fourth-order valence-corrected chi connectivity index (χ4v) is 3.73. The van der Waals surface area contributed by atoms with Crippen molar-refractivity contribution in [3.8, 4) is 5.75 Å². The van der Waals surface area contributed by atoms with Gasteiger partial charge in [0.2, 0.25) is 0 Å². The number of carbonyl (C=O) groups is 1. The lowest BCUT2D eigenvalue weighted by Gasteiger charge is -2.12. The molecule has 1 aliphatic rings. The quantitative estimate of drug-likeness (QED) is 0.450. The molecule has 4 heteroatoms. The molecule has 0 N–H and O–H groups in total. The van der Waals surface area contributed by atoms with Crippen LogP contribution in [0, 0.1) is 17.6 Å². The van der Waals surface area contributed by atoms with Gasteiger partial charge < -0.3 is 4.74 Å². The number of hydrogen-bond acceptors (Lipinski definition) is 2. The molecule has 0 aromatic heterocycles. The summed E-state index contributed by atoms with van der Waals surface area (Å²) in [4.78, 5) is 12.2. The Labute approximate surface area is 153 Å². The van der Waals surface area contributed by atoms with Crippen LogP contribution in [0.15, 0.2) is 42.5 Å². The smallest absolute Gasteiger partial charge is 0.343 e. The molecule has 1 saturated carbocycles. The molecule has 0 bridgehead atoms. The van der Waals surface area contributed by atoms with E-state index in [9.17, 15) is 13.6 Å². The fourth-order valence-electron chi connectivity index (χ4n) is 3.73. The van der Waals surface area contributed by atoms with Crippen LogP contribution in [-0.4, -0.2) is 5.97 Å². The van der Waals surface area contributed by atoms with Gasteiger partial charge in [-0.3, -0.25) is 0 Å². The van der Waals surface area contributed by atoms with Crippen LogP contribution in [-0.2, 0) is 0 Å². The van der Waals surface area contributed by atoms with E-state index in [0.717, 1.165) is 18.1 Å². The molecule has 0 aliphatic heterocycles. The van der Waals surface area contributed by atoms with Crippen LogP contribution >= 0.6 is 0 Å². The van der Waals surface area contributed by atoms with Crippen LogP contribution in [0.4, 0.5) is 8.78 Å². The molecule has 0 heterocycles. The lowest BCUT2D eigenvalue weighted by Crippen LogP contribution is -2.09. The fraction of sp³-hybridized carbons (Fsp3) is 0.409. The standard InChI is InChI=1S/C22H24F2O2/c1-2-3-4-15-5-6-18(13-15)16-7-9-17(10-8-16)22(25)26-19-11-12-20(23)21(24)14-19/h7-12,14-15,18H,2-6,13H2,1H3. The van der Waals surface area contributed by atoms with Crippen molar-refractivity contribution in [2.24, 2.45) is 5.92 Å². The lowest BCUT2D eigenvalue weighted by molar-refractivity contribution is 0.0734. The molecule has 138 valence electrons. The molecule has 2 unspecified atom stereocenters. The van der Waals surface area contributed by atoms with Crippen molar-refractivity contribution in [2.45, 2.75) is 51.4 Å². The zero-order valence-corrected chi connectivity index (χ0v) is 15.0. The Kier molecular flexibility index (Phi) is 6.02. The summed E-state index contributed by atoms with van der Waals surface area (Å²) in [5, 5.41) is 0. The van der Waals surface area contributed by atoms with Gasteiger partial charge in [0, 0.05) is 6.07 Å². The maximum atomic E-state index is 13.2. The Hall–Kier alpha value is -2.23. The highest BCUT2D eigenvalue weighted by molar-refractivity contribution is 5.91. The van der Waals surface area contributed by atoms with Crippen molar-refractivity contribution in [1.82, 2.24) is 0 Å². The normalized spacial score (nSPS) is 19.5. The SMILES string of the molecule is CCCCC1CCC(c2ccc(C(=O)Oc3ccc(F)c(F)c3)cc2)C1. The van der Waals surface area contributed by atoms with Crippen LogP contribution in [0.3, 0.4) is 0 Å². The number of benzene rings is 2. The monoisotopic (exact) mass is 358 g/mol. The van der Waals surface area contributed by atoms with Crippen LogP contribution in [0.5, 0.6) is 5.75 Å². The van der Waals surface area contributed by atoms with Crippen molar-refractivity contribution < 1.29 is 18.3 Å². The molecule has 26 heavy (non-hydrogen) atoms. The van der Waals surface area contributed by atoms with Crippen molar-refractivity contribution in [3.05, 3.63) is 65.2 Å². The number of carbonyl (C=O) groups excluding carboxylic acids is 1. The Balaban J connectivity index is 1.60. The van der Waals surface area contributed by atoms with Gasteiger partial charge in [0.05, 0.1) is 5.56 Å². The van der Waals surface area contributed by atoms with Crippen LogP contribution < -0.4 is 4.74 Å². The number of esters is 1. The molecule has 0 radical (unpaired) electrons. The topological polar surface area (TPSA) is 26.3 Å². The second-order valence-corrected chi connectivity index (χ2v) is 7.11. The molecule has 1 fully saturated rings. The van der Waals surface area contributed by atoms with Crippen LogP contribution in [0.2, 0.25) is 0 Å². The van der Waals surface area contributed by atoms with Gasteiger partial charge in [-0.2, -0.15) is 0 Å². The van der Waals surface area contributed by atoms with Crippen molar-refractivity contribution in [1.29, 1.82) is 0 Å². The van der Waals surface area contributed by atoms with E-state index < -0.39 is 17.6 Å². The van der Waals surface area contributed by atoms with Gasteiger partial charge in [-0.15, -0.1) is 0 Å². The van der Waals surface area contributed by atoms with E-state index in [1.807, 2.05) is 12.1 Å². The third-order valence-corrected chi connectivity index (χ3v) is 5.23. The van der Waals surface area contributed by atoms with E-state index in [1.165, 1.54) is 50.2 Å². The number of rotatable bonds is 6. The average Bonchev–Trinajstić information content (AvgIpc) is 3.12. The molecule has 0 amide bonds. The number of ether oxygens (including phenoxy) is 1. The summed E-state index contributed by atoms with van der Waals surface area (Å²) < 4.78 is 31.2. The van der Waals surface area contributed by atoms with Gasteiger partial charge in [-0.25, -0.2) is 13.6 Å². The first kappa shape index (κ1) is 18.6. The van der Waals surface area contributed by atoms with E-state index in [2.05, 4.69) is 6.92 Å².